The molecule has 112 valence electrons. The van der Waals surface area contributed by atoms with E-state index >= 15 is 0 Å². The third kappa shape index (κ3) is 4.38. The van der Waals surface area contributed by atoms with Gasteiger partial charge in [-0.3, -0.25) is 0 Å². The highest BCUT2D eigenvalue weighted by atomic mass is 32.2. The number of nitrogens with one attached hydrogen (secondary N) is 1. The van der Waals surface area contributed by atoms with Crippen molar-refractivity contribution in [1.82, 2.24) is 10.3 Å². The molecular weight excluding hydrogens is 266 g/mol. The zero-order valence-corrected chi connectivity index (χ0v) is 14.0. The maximum absolute atomic E-state index is 4.74. The Morgan fingerprint density at radius 3 is 2.90 bits per heavy atom. The summed E-state index contributed by atoms with van der Waals surface area (Å²) >= 11 is 2.08. The predicted octanol–water partition coefficient (Wildman–Crippen LogP) is 3.22. The lowest BCUT2D eigenvalue weighted by molar-refractivity contribution is 0.634. The molecule has 0 aliphatic carbocycles. The second-order valence-corrected chi connectivity index (χ2v) is 7.90. The monoisotopic (exact) mass is 293 g/mol. The predicted molar refractivity (Wildman–Crippen MR) is 89.7 cm³/mol. The minimum Gasteiger partial charge on any atom is -0.356 e. The van der Waals surface area contributed by atoms with Gasteiger partial charge in [-0.25, -0.2) is 4.98 Å². The summed E-state index contributed by atoms with van der Waals surface area (Å²) in [5, 5.41) is 3.40. The van der Waals surface area contributed by atoms with Crippen molar-refractivity contribution in [3.8, 4) is 0 Å². The summed E-state index contributed by atoms with van der Waals surface area (Å²) < 4.78 is 0.394. The van der Waals surface area contributed by atoms with Gasteiger partial charge in [0.05, 0.1) is 0 Å². The van der Waals surface area contributed by atoms with Crippen LogP contribution in [0.1, 0.15) is 38.4 Å². The van der Waals surface area contributed by atoms with E-state index in [0.717, 1.165) is 37.7 Å². The third-order valence-electron chi connectivity index (χ3n) is 3.74. The Bertz CT molecular complexity index is 445. The van der Waals surface area contributed by atoms with E-state index in [1.165, 1.54) is 17.7 Å². The molecule has 1 aromatic heterocycles. The van der Waals surface area contributed by atoms with Crippen LogP contribution in [-0.4, -0.2) is 35.1 Å². The molecule has 20 heavy (non-hydrogen) atoms. The highest BCUT2D eigenvalue weighted by Crippen LogP contribution is 2.32. The van der Waals surface area contributed by atoms with Gasteiger partial charge in [0.2, 0.25) is 0 Å². The molecule has 1 saturated heterocycles. The first-order valence-electron chi connectivity index (χ1n) is 7.57. The molecule has 1 aromatic rings. The van der Waals surface area contributed by atoms with Crippen molar-refractivity contribution in [3.63, 3.8) is 0 Å². The Hall–Kier alpha value is -0.740. The van der Waals surface area contributed by atoms with Crippen LogP contribution in [0.5, 0.6) is 0 Å². The third-order valence-corrected chi connectivity index (χ3v) is 5.11. The Morgan fingerprint density at radius 2 is 2.15 bits per heavy atom. The summed E-state index contributed by atoms with van der Waals surface area (Å²) in [6.45, 7) is 13.1. The molecule has 0 saturated carbocycles. The second kappa shape index (κ2) is 6.81. The van der Waals surface area contributed by atoms with Gasteiger partial charge in [-0.2, -0.15) is 11.8 Å². The number of nitrogens with zero attached hydrogens (tertiary/aromatic N) is 2. The Balaban J connectivity index is 2.13. The lowest BCUT2D eigenvalue weighted by Gasteiger charge is -2.24. The van der Waals surface area contributed by atoms with E-state index in [1.807, 2.05) is 0 Å². The van der Waals surface area contributed by atoms with Crippen molar-refractivity contribution in [2.75, 3.05) is 30.3 Å². The minimum atomic E-state index is 0.394. The van der Waals surface area contributed by atoms with E-state index in [9.17, 15) is 0 Å². The zero-order valence-electron chi connectivity index (χ0n) is 13.2. The number of anilines is 1. The molecule has 4 heteroatoms. The number of hydrogen-bond acceptors (Lipinski definition) is 4. The number of aryl methyl sites for hydroxylation is 1. The molecule has 1 aliphatic rings. The van der Waals surface area contributed by atoms with Crippen LogP contribution in [0.3, 0.4) is 0 Å². The first kappa shape index (κ1) is 15.6. The first-order valence-corrected chi connectivity index (χ1v) is 8.56. The number of pyridine rings is 1. The highest BCUT2D eigenvalue weighted by molar-refractivity contribution is 8.00. The SMILES string of the molecule is CCNCc1cc(C)nc(N2CCSC(C)(C)CC2)c1. The molecule has 0 spiro atoms. The van der Waals surface area contributed by atoms with Gasteiger partial charge in [0, 0.05) is 35.8 Å². The smallest absolute Gasteiger partial charge is 0.129 e. The number of thioether (sulfide) groups is 1. The number of hydrogen-bond donors (Lipinski definition) is 1. The summed E-state index contributed by atoms with van der Waals surface area (Å²) in [6.07, 6.45) is 1.22. The van der Waals surface area contributed by atoms with Gasteiger partial charge in [0.25, 0.3) is 0 Å². The topological polar surface area (TPSA) is 28.2 Å². The maximum atomic E-state index is 4.74. The summed E-state index contributed by atoms with van der Waals surface area (Å²) in [4.78, 5) is 7.19. The Kier molecular flexibility index (Phi) is 5.33. The van der Waals surface area contributed by atoms with E-state index in [1.54, 1.807) is 0 Å². The molecule has 0 radical (unpaired) electrons. The van der Waals surface area contributed by atoms with Crippen LogP contribution in [0.25, 0.3) is 0 Å². The van der Waals surface area contributed by atoms with Crippen LogP contribution >= 0.6 is 11.8 Å². The normalized spacial score (nSPS) is 18.9. The van der Waals surface area contributed by atoms with Crippen LogP contribution in [0.4, 0.5) is 5.82 Å². The van der Waals surface area contributed by atoms with Crippen molar-refractivity contribution in [3.05, 3.63) is 23.4 Å². The van der Waals surface area contributed by atoms with Gasteiger partial charge in [0.1, 0.15) is 5.82 Å². The fourth-order valence-electron chi connectivity index (χ4n) is 2.50. The standard InChI is InChI=1S/C16H27N3S/c1-5-17-12-14-10-13(2)18-15(11-14)19-7-6-16(3,4)20-9-8-19/h10-11,17H,5-9,12H2,1-4H3. The molecule has 0 amide bonds. The fraction of sp³-hybridized carbons (Fsp3) is 0.688. The summed E-state index contributed by atoms with van der Waals surface area (Å²) in [6, 6.07) is 4.43. The second-order valence-electron chi connectivity index (χ2n) is 6.10. The largest absolute Gasteiger partial charge is 0.356 e. The molecule has 1 fully saturated rings. The average Bonchev–Trinajstić information content (AvgIpc) is 2.57. The maximum Gasteiger partial charge on any atom is 0.129 e. The number of aromatic nitrogens is 1. The fourth-order valence-corrected chi connectivity index (χ4v) is 3.60. The summed E-state index contributed by atoms with van der Waals surface area (Å²) in [7, 11) is 0. The lowest BCUT2D eigenvalue weighted by Crippen LogP contribution is -2.28. The van der Waals surface area contributed by atoms with E-state index in [4.69, 9.17) is 4.98 Å². The van der Waals surface area contributed by atoms with E-state index in [0.29, 0.717) is 4.75 Å². The number of rotatable bonds is 4. The van der Waals surface area contributed by atoms with Crippen molar-refractivity contribution < 1.29 is 0 Å². The van der Waals surface area contributed by atoms with E-state index in [-0.39, 0.29) is 0 Å². The molecule has 2 rings (SSSR count). The van der Waals surface area contributed by atoms with Gasteiger partial charge < -0.3 is 10.2 Å². The molecule has 0 atom stereocenters. The van der Waals surface area contributed by atoms with Crippen LogP contribution in [-0.2, 0) is 6.54 Å². The molecule has 0 bridgehead atoms. The van der Waals surface area contributed by atoms with Crippen molar-refractivity contribution in [2.45, 2.75) is 45.4 Å². The molecular formula is C16H27N3S. The van der Waals surface area contributed by atoms with Crippen LogP contribution in [0, 0.1) is 6.92 Å². The van der Waals surface area contributed by atoms with Gasteiger partial charge in [-0.1, -0.05) is 20.8 Å². The first-order chi connectivity index (χ1) is 9.50. The average molecular weight is 293 g/mol. The Morgan fingerprint density at radius 1 is 1.35 bits per heavy atom. The van der Waals surface area contributed by atoms with Crippen molar-refractivity contribution in [2.24, 2.45) is 0 Å². The van der Waals surface area contributed by atoms with E-state index in [2.05, 4.69) is 61.8 Å². The van der Waals surface area contributed by atoms with Gasteiger partial charge >= 0.3 is 0 Å². The van der Waals surface area contributed by atoms with Gasteiger partial charge in [-0.15, -0.1) is 0 Å². The van der Waals surface area contributed by atoms with Gasteiger partial charge in [-0.05, 0) is 37.6 Å². The zero-order chi connectivity index (χ0) is 14.6. The molecule has 1 N–H and O–H groups in total. The molecule has 0 aromatic carbocycles. The Labute approximate surface area is 127 Å². The van der Waals surface area contributed by atoms with Crippen LogP contribution < -0.4 is 10.2 Å². The molecule has 3 nitrogen and oxygen atoms in total. The van der Waals surface area contributed by atoms with Gasteiger partial charge in [0.15, 0.2) is 0 Å². The molecule has 1 aliphatic heterocycles. The lowest BCUT2D eigenvalue weighted by atomic mass is 10.1. The van der Waals surface area contributed by atoms with Crippen molar-refractivity contribution in [1.29, 1.82) is 0 Å². The summed E-state index contributed by atoms with van der Waals surface area (Å²) in [5.74, 6) is 2.33. The van der Waals surface area contributed by atoms with Crippen molar-refractivity contribution >= 4 is 17.6 Å². The highest BCUT2D eigenvalue weighted by Gasteiger charge is 2.24. The van der Waals surface area contributed by atoms with Crippen LogP contribution in [0.2, 0.25) is 0 Å². The summed E-state index contributed by atoms with van der Waals surface area (Å²) in [5.41, 5.74) is 2.46. The quantitative estimate of drug-likeness (QED) is 0.922. The molecule has 0 unspecified atom stereocenters. The van der Waals surface area contributed by atoms with E-state index < -0.39 is 0 Å². The molecule has 2 heterocycles. The minimum absolute atomic E-state index is 0.394. The van der Waals surface area contributed by atoms with Crippen LogP contribution in [0.15, 0.2) is 12.1 Å².